The van der Waals surface area contributed by atoms with Crippen LogP contribution in [0.15, 0.2) is 24.3 Å². The fourth-order valence-corrected chi connectivity index (χ4v) is 6.37. The van der Waals surface area contributed by atoms with Crippen molar-refractivity contribution in [2.24, 2.45) is 0 Å². The SMILES string of the molecule is CCOC(=O)c1c(NC(=O)NS(=O)(=O)N2CCc3ccccc32)sc2c1CCCC2. The number of amides is 2. The van der Waals surface area contributed by atoms with Crippen LogP contribution in [0.2, 0.25) is 0 Å². The van der Waals surface area contributed by atoms with Gasteiger partial charge in [0.15, 0.2) is 0 Å². The number of aryl methyl sites for hydroxylation is 1. The zero-order valence-electron chi connectivity index (χ0n) is 16.6. The van der Waals surface area contributed by atoms with E-state index in [0.29, 0.717) is 22.7 Å². The maximum atomic E-state index is 12.8. The standard InChI is InChI=1S/C20H23N3O5S2/c1-2-28-19(24)17-14-8-4-6-10-16(14)29-18(17)21-20(25)22-30(26,27)23-12-11-13-7-3-5-9-15(13)23/h3,5,7,9H,2,4,6,8,10-12H2,1H3,(H2,21,22,25). The van der Waals surface area contributed by atoms with Crippen molar-refractivity contribution in [2.75, 3.05) is 22.8 Å². The number of benzene rings is 1. The van der Waals surface area contributed by atoms with Crippen molar-refractivity contribution in [3.05, 3.63) is 45.8 Å². The van der Waals surface area contributed by atoms with Crippen molar-refractivity contribution in [3.8, 4) is 0 Å². The summed E-state index contributed by atoms with van der Waals surface area (Å²) in [6.07, 6.45) is 4.14. The van der Waals surface area contributed by atoms with Crippen LogP contribution < -0.4 is 14.3 Å². The highest BCUT2D eigenvalue weighted by molar-refractivity contribution is 7.91. The number of para-hydroxylation sites is 1. The Balaban J connectivity index is 1.54. The van der Waals surface area contributed by atoms with E-state index in [1.807, 2.05) is 12.1 Å². The maximum absolute atomic E-state index is 12.8. The fraction of sp³-hybridized carbons (Fsp3) is 0.400. The van der Waals surface area contributed by atoms with Crippen LogP contribution in [0.4, 0.5) is 15.5 Å². The number of carbonyl (C=O) groups is 2. The van der Waals surface area contributed by atoms with Crippen molar-refractivity contribution in [3.63, 3.8) is 0 Å². The number of nitrogens with one attached hydrogen (secondary N) is 2. The van der Waals surface area contributed by atoms with E-state index in [-0.39, 0.29) is 13.2 Å². The Kier molecular flexibility index (Phi) is 5.70. The molecule has 0 saturated heterocycles. The Labute approximate surface area is 179 Å². The lowest BCUT2D eigenvalue weighted by Crippen LogP contribution is -2.44. The predicted octanol–water partition coefficient (Wildman–Crippen LogP) is 3.23. The van der Waals surface area contributed by atoms with Gasteiger partial charge in [0.1, 0.15) is 5.00 Å². The summed E-state index contributed by atoms with van der Waals surface area (Å²) in [7, 11) is -4.08. The first kappa shape index (κ1) is 20.7. The zero-order chi connectivity index (χ0) is 21.3. The van der Waals surface area contributed by atoms with Gasteiger partial charge < -0.3 is 4.74 Å². The Morgan fingerprint density at radius 1 is 1.17 bits per heavy atom. The number of nitrogens with zero attached hydrogens (tertiary/aromatic N) is 1. The normalized spacial score (nSPS) is 15.3. The van der Waals surface area contributed by atoms with E-state index in [1.54, 1.807) is 19.1 Å². The van der Waals surface area contributed by atoms with Gasteiger partial charge in [-0.3, -0.25) is 9.62 Å². The number of fused-ring (bicyclic) bond motifs is 2. The molecule has 1 aromatic carbocycles. The Bertz CT molecular complexity index is 1090. The molecular weight excluding hydrogens is 426 g/mol. The van der Waals surface area contributed by atoms with E-state index in [0.717, 1.165) is 41.7 Å². The van der Waals surface area contributed by atoms with Gasteiger partial charge in [-0.1, -0.05) is 18.2 Å². The average molecular weight is 450 g/mol. The molecule has 0 saturated carbocycles. The van der Waals surface area contributed by atoms with Gasteiger partial charge in [0.05, 0.1) is 17.9 Å². The maximum Gasteiger partial charge on any atom is 0.341 e. The first-order valence-corrected chi connectivity index (χ1v) is 12.2. The molecule has 30 heavy (non-hydrogen) atoms. The van der Waals surface area contributed by atoms with Gasteiger partial charge >= 0.3 is 22.2 Å². The Morgan fingerprint density at radius 3 is 2.73 bits per heavy atom. The van der Waals surface area contributed by atoms with E-state index < -0.39 is 22.2 Å². The lowest BCUT2D eigenvalue weighted by molar-refractivity contribution is 0.0526. The quantitative estimate of drug-likeness (QED) is 0.682. The third-order valence-electron chi connectivity index (χ3n) is 5.23. The van der Waals surface area contributed by atoms with E-state index in [1.165, 1.54) is 15.6 Å². The first-order chi connectivity index (χ1) is 14.4. The summed E-state index contributed by atoms with van der Waals surface area (Å²) in [5, 5.41) is 2.90. The molecule has 1 aliphatic carbocycles. The van der Waals surface area contributed by atoms with Crippen LogP contribution in [-0.4, -0.2) is 33.6 Å². The van der Waals surface area contributed by atoms with Gasteiger partial charge in [0.2, 0.25) is 0 Å². The van der Waals surface area contributed by atoms with Crippen LogP contribution in [0.3, 0.4) is 0 Å². The largest absolute Gasteiger partial charge is 0.462 e. The van der Waals surface area contributed by atoms with Gasteiger partial charge in [-0.05, 0) is 56.2 Å². The number of rotatable bonds is 5. The fourth-order valence-electron chi connectivity index (χ4n) is 3.93. The summed E-state index contributed by atoms with van der Waals surface area (Å²) in [4.78, 5) is 26.1. The highest BCUT2D eigenvalue weighted by Gasteiger charge is 2.32. The lowest BCUT2D eigenvalue weighted by atomic mass is 9.95. The van der Waals surface area contributed by atoms with E-state index >= 15 is 0 Å². The highest BCUT2D eigenvalue weighted by Crippen LogP contribution is 2.38. The van der Waals surface area contributed by atoms with Crippen molar-refractivity contribution < 1.29 is 22.7 Å². The van der Waals surface area contributed by atoms with Crippen LogP contribution in [0.1, 0.15) is 46.1 Å². The molecule has 1 aromatic heterocycles. The second-order valence-corrected chi connectivity index (χ2v) is 9.85. The van der Waals surface area contributed by atoms with Gasteiger partial charge in [0.25, 0.3) is 0 Å². The van der Waals surface area contributed by atoms with Crippen LogP contribution in [0.5, 0.6) is 0 Å². The van der Waals surface area contributed by atoms with Crippen LogP contribution in [0, 0.1) is 0 Å². The molecule has 2 amide bonds. The lowest BCUT2D eigenvalue weighted by Gasteiger charge is -2.19. The second kappa shape index (κ2) is 8.27. The molecule has 2 heterocycles. The molecule has 10 heteroatoms. The summed E-state index contributed by atoms with van der Waals surface area (Å²) in [5.74, 6) is -0.497. The number of carbonyl (C=O) groups excluding carboxylic acids is 2. The second-order valence-electron chi connectivity index (χ2n) is 7.15. The molecule has 4 rings (SSSR count). The van der Waals surface area contributed by atoms with Crippen molar-refractivity contribution in [1.82, 2.24) is 4.72 Å². The summed E-state index contributed by atoms with van der Waals surface area (Å²) < 4.78 is 34.0. The molecule has 0 atom stereocenters. The van der Waals surface area contributed by atoms with Crippen molar-refractivity contribution in [1.29, 1.82) is 0 Å². The molecule has 0 bridgehead atoms. The highest BCUT2D eigenvalue weighted by atomic mass is 32.2. The van der Waals surface area contributed by atoms with Crippen LogP contribution in [-0.2, 0) is 34.2 Å². The number of hydrogen-bond acceptors (Lipinski definition) is 6. The van der Waals surface area contributed by atoms with Crippen LogP contribution >= 0.6 is 11.3 Å². The van der Waals surface area contributed by atoms with Crippen molar-refractivity contribution in [2.45, 2.75) is 39.0 Å². The van der Waals surface area contributed by atoms with E-state index in [4.69, 9.17) is 4.74 Å². The Hall–Kier alpha value is -2.59. The number of thiophene rings is 1. The third-order valence-corrected chi connectivity index (χ3v) is 7.84. The molecule has 160 valence electrons. The first-order valence-electron chi connectivity index (χ1n) is 9.91. The average Bonchev–Trinajstić information content (AvgIpc) is 3.29. The van der Waals surface area contributed by atoms with Gasteiger partial charge in [-0.2, -0.15) is 8.42 Å². The molecule has 2 aromatic rings. The Morgan fingerprint density at radius 2 is 1.93 bits per heavy atom. The monoisotopic (exact) mass is 449 g/mol. The third kappa shape index (κ3) is 3.89. The molecule has 1 aliphatic heterocycles. The zero-order valence-corrected chi connectivity index (χ0v) is 18.2. The predicted molar refractivity (Wildman–Crippen MR) is 115 cm³/mol. The van der Waals surface area contributed by atoms with Gasteiger partial charge in [-0.25, -0.2) is 14.3 Å². The summed E-state index contributed by atoms with van der Waals surface area (Å²) in [6.45, 7) is 2.21. The molecular formula is C20H23N3O5S2. The number of urea groups is 1. The molecule has 0 radical (unpaired) electrons. The van der Waals surface area contributed by atoms with E-state index in [2.05, 4.69) is 10.0 Å². The minimum Gasteiger partial charge on any atom is -0.462 e. The number of ether oxygens (including phenoxy) is 1. The molecule has 2 N–H and O–H groups in total. The van der Waals surface area contributed by atoms with Crippen molar-refractivity contribution >= 4 is 44.2 Å². The minimum atomic E-state index is -4.08. The molecule has 0 fully saturated rings. The number of anilines is 2. The minimum absolute atomic E-state index is 0.220. The molecule has 2 aliphatic rings. The number of hydrogen-bond donors (Lipinski definition) is 2. The molecule has 0 spiro atoms. The van der Waals surface area contributed by atoms with E-state index in [9.17, 15) is 18.0 Å². The van der Waals surface area contributed by atoms with Gasteiger partial charge in [-0.15, -0.1) is 11.3 Å². The summed E-state index contributed by atoms with van der Waals surface area (Å²) >= 11 is 1.31. The number of esters is 1. The van der Waals surface area contributed by atoms with Gasteiger partial charge in [0, 0.05) is 11.4 Å². The summed E-state index contributed by atoms with van der Waals surface area (Å²) in [5.41, 5.74) is 2.72. The van der Waals surface area contributed by atoms with Crippen LogP contribution in [0.25, 0.3) is 0 Å². The molecule has 0 unspecified atom stereocenters. The smallest absolute Gasteiger partial charge is 0.341 e. The molecule has 8 nitrogen and oxygen atoms in total. The summed E-state index contributed by atoms with van der Waals surface area (Å²) in [6, 6.07) is 6.29. The topological polar surface area (TPSA) is 105 Å².